The Bertz CT molecular complexity index is 1350. The zero-order valence-corrected chi connectivity index (χ0v) is 20.6. The Kier molecular flexibility index (Phi) is 7.02. The molecule has 2 aromatic carbocycles. The number of fused-ring (bicyclic) bond motifs is 1. The third-order valence-electron chi connectivity index (χ3n) is 6.72. The Balaban J connectivity index is 1.35. The first kappa shape index (κ1) is 24.0. The second-order valence-corrected chi connectivity index (χ2v) is 9.15. The molecule has 0 saturated carbocycles. The molecule has 3 heterocycles. The van der Waals surface area contributed by atoms with Crippen molar-refractivity contribution in [3.05, 3.63) is 65.7 Å². The van der Waals surface area contributed by atoms with E-state index >= 15 is 0 Å². The molecule has 1 fully saturated rings. The summed E-state index contributed by atoms with van der Waals surface area (Å²) in [7, 11) is 1.71. The number of rotatable bonds is 8. The zero-order valence-electron chi connectivity index (χ0n) is 20.6. The number of carbonyl (C=O) groups is 1. The van der Waals surface area contributed by atoms with Crippen LogP contribution in [-0.4, -0.2) is 64.3 Å². The van der Waals surface area contributed by atoms with Crippen molar-refractivity contribution in [2.45, 2.75) is 32.4 Å². The number of aliphatic hydroxyl groups is 1. The maximum absolute atomic E-state index is 12.1. The number of aryl methyl sites for hydroxylation is 1. The van der Waals surface area contributed by atoms with Crippen LogP contribution in [0, 0.1) is 6.92 Å². The first-order valence-corrected chi connectivity index (χ1v) is 12.3. The van der Waals surface area contributed by atoms with E-state index in [1.54, 1.807) is 18.0 Å². The number of ether oxygens (including phenoxy) is 1. The first-order chi connectivity index (χ1) is 17.6. The predicted molar refractivity (Wildman–Crippen MR) is 136 cm³/mol. The number of carbonyl (C=O) groups excluding carboxylic acids is 1. The van der Waals surface area contributed by atoms with E-state index in [0.29, 0.717) is 6.54 Å². The van der Waals surface area contributed by atoms with Gasteiger partial charge in [0.15, 0.2) is 5.69 Å². The number of hydrogen-bond acceptors (Lipinski definition) is 7. The molecule has 2 aromatic heterocycles. The highest BCUT2D eigenvalue weighted by Gasteiger charge is 2.25. The molecule has 188 valence electrons. The van der Waals surface area contributed by atoms with E-state index in [9.17, 15) is 4.79 Å². The summed E-state index contributed by atoms with van der Waals surface area (Å²) in [5.41, 5.74) is 4.40. The van der Waals surface area contributed by atoms with E-state index in [1.165, 1.54) is 0 Å². The molecule has 0 unspecified atom stereocenters. The molecule has 9 heteroatoms. The summed E-state index contributed by atoms with van der Waals surface area (Å²) in [6, 6.07) is 14.6. The van der Waals surface area contributed by atoms with Crippen molar-refractivity contribution in [2.24, 2.45) is 0 Å². The van der Waals surface area contributed by atoms with E-state index in [0.717, 1.165) is 65.1 Å². The van der Waals surface area contributed by atoms with Crippen molar-refractivity contribution >= 4 is 16.9 Å². The highest BCUT2D eigenvalue weighted by Crippen LogP contribution is 2.38. The molecule has 1 atom stereocenters. The van der Waals surface area contributed by atoms with Gasteiger partial charge in [0.1, 0.15) is 17.1 Å². The summed E-state index contributed by atoms with van der Waals surface area (Å²) < 4.78 is 13.8. The smallest absolute Gasteiger partial charge is 0.273 e. The van der Waals surface area contributed by atoms with E-state index in [2.05, 4.69) is 44.8 Å². The van der Waals surface area contributed by atoms with Gasteiger partial charge in [-0.05, 0) is 44.0 Å². The molecule has 1 aliphatic heterocycles. The Morgan fingerprint density at radius 1 is 1.28 bits per heavy atom. The molecule has 0 bridgehead atoms. The van der Waals surface area contributed by atoms with Crippen LogP contribution < -0.4 is 10.1 Å². The van der Waals surface area contributed by atoms with Crippen LogP contribution in [0.25, 0.3) is 22.1 Å². The fourth-order valence-corrected chi connectivity index (χ4v) is 5.02. The Morgan fingerprint density at radius 2 is 2.11 bits per heavy atom. The molecule has 36 heavy (non-hydrogen) atoms. The van der Waals surface area contributed by atoms with Crippen LogP contribution in [0.1, 0.15) is 40.7 Å². The molecular weight excluding hydrogens is 458 g/mol. The highest BCUT2D eigenvalue weighted by molar-refractivity contribution is 5.97. The van der Waals surface area contributed by atoms with Gasteiger partial charge >= 0.3 is 0 Å². The van der Waals surface area contributed by atoms with Gasteiger partial charge in [0.25, 0.3) is 5.91 Å². The Morgan fingerprint density at radius 3 is 2.89 bits per heavy atom. The summed E-state index contributed by atoms with van der Waals surface area (Å²) in [6.45, 7) is 4.54. The van der Waals surface area contributed by atoms with E-state index in [1.807, 2.05) is 25.1 Å². The SMILES string of the molecule is COc1cc2c(-c3ccccc3)c(C)oc2cc1CN1CCC[C@@H](n2cc(C(=O)NCCO)nn2)C1. The standard InChI is InChI=1S/C27H31N5O4/c1-18-26(19-7-4-3-5-8-19)22-14-24(35-2)20(13-25(22)36-18)15-31-11-6-9-21(16-31)32-17-23(29-30-32)27(34)28-10-12-33/h3-5,7-8,13-14,17,21,33H,6,9-12,15-16H2,1-2H3,(H,28,34)/t21-/m1/s1. The minimum Gasteiger partial charge on any atom is -0.496 e. The molecule has 0 spiro atoms. The Hall–Kier alpha value is -3.69. The molecule has 0 radical (unpaired) electrons. The number of amides is 1. The van der Waals surface area contributed by atoms with Crippen LogP contribution >= 0.6 is 0 Å². The predicted octanol–water partition coefficient (Wildman–Crippen LogP) is 3.57. The molecule has 2 N–H and O–H groups in total. The zero-order chi connectivity index (χ0) is 25.1. The van der Waals surface area contributed by atoms with Gasteiger partial charge in [-0.1, -0.05) is 35.5 Å². The van der Waals surface area contributed by atoms with Crippen molar-refractivity contribution in [2.75, 3.05) is 33.4 Å². The first-order valence-electron chi connectivity index (χ1n) is 12.3. The number of furan rings is 1. The molecule has 9 nitrogen and oxygen atoms in total. The molecule has 5 rings (SSSR count). The van der Waals surface area contributed by atoms with Gasteiger partial charge in [-0.3, -0.25) is 9.69 Å². The molecule has 0 aliphatic carbocycles. The summed E-state index contributed by atoms with van der Waals surface area (Å²) in [5, 5.41) is 20.8. The average molecular weight is 490 g/mol. The van der Waals surface area contributed by atoms with Crippen LogP contribution in [0.4, 0.5) is 0 Å². The molecular formula is C27H31N5O4. The normalized spacial score (nSPS) is 16.4. The third-order valence-corrected chi connectivity index (χ3v) is 6.72. The van der Waals surface area contributed by atoms with Gasteiger partial charge in [-0.2, -0.15) is 0 Å². The van der Waals surface area contributed by atoms with Crippen LogP contribution in [-0.2, 0) is 6.54 Å². The second-order valence-electron chi connectivity index (χ2n) is 9.15. The number of hydrogen-bond donors (Lipinski definition) is 2. The summed E-state index contributed by atoms with van der Waals surface area (Å²) in [4.78, 5) is 14.5. The lowest BCUT2D eigenvalue weighted by atomic mass is 10.00. The van der Waals surface area contributed by atoms with E-state index in [-0.39, 0.29) is 30.8 Å². The lowest BCUT2D eigenvalue weighted by Gasteiger charge is -2.32. The van der Waals surface area contributed by atoms with Crippen molar-refractivity contribution in [1.29, 1.82) is 0 Å². The summed E-state index contributed by atoms with van der Waals surface area (Å²) in [6.07, 6.45) is 3.66. The fraction of sp³-hybridized carbons (Fsp3) is 0.370. The van der Waals surface area contributed by atoms with Gasteiger partial charge in [-0.15, -0.1) is 5.10 Å². The van der Waals surface area contributed by atoms with E-state index in [4.69, 9.17) is 14.3 Å². The quantitative estimate of drug-likeness (QED) is 0.390. The molecule has 1 amide bonds. The minimum absolute atomic E-state index is 0.113. The highest BCUT2D eigenvalue weighted by atomic mass is 16.5. The van der Waals surface area contributed by atoms with Gasteiger partial charge in [0.05, 0.1) is 26.0 Å². The van der Waals surface area contributed by atoms with Crippen LogP contribution in [0.3, 0.4) is 0 Å². The van der Waals surface area contributed by atoms with Crippen molar-refractivity contribution in [3.63, 3.8) is 0 Å². The van der Waals surface area contributed by atoms with Crippen molar-refractivity contribution in [3.8, 4) is 16.9 Å². The maximum Gasteiger partial charge on any atom is 0.273 e. The van der Waals surface area contributed by atoms with Crippen LogP contribution in [0.15, 0.2) is 53.1 Å². The topological polar surface area (TPSA) is 106 Å². The number of aliphatic hydroxyl groups excluding tert-OH is 1. The summed E-state index contributed by atoms with van der Waals surface area (Å²) >= 11 is 0. The van der Waals surface area contributed by atoms with Crippen LogP contribution in [0.2, 0.25) is 0 Å². The molecule has 4 aromatic rings. The van der Waals surface area contributed by atoms with Crippen LogP contribution in [0.5, 0.6) is 5.75 Å². The number of piperidine rings is 1. The molecule has 1 saturated heterocycles. The lowest BCUT2D eigenvalue weighted by molar-refractivity contribution is 0.0939. The number of likely N-dealkylation sites (tertiary alicyclic amines) is 1. The van der Waals surface area contributed by atoms with E-state index < -0.39 is 0 Å². The number of nitrogens with zero attached hydrogens (tertiary/aromatic N) is 4. The lowest BCUT2D eigenvalue weighted by Crippen LogP contribution is -2.36. The molecule has 1 aliphatic rings. The van der Waals surface area contributed by atoms with Crippen molar-refractivity contribution < 1.29 is 19.1 Å². The minimum atomic E-state index is -0.329. The third kappa shape index (κ3) is 4.84. The van der Waals surface area contributed by atoms with Gasteiger partial charge in [0.2, 0.25) is 0 Å². The van der Waals surface area contributed by atoms with Gasteiger partial charge in [0, 0.05) is 36.1 Å². The monoisotopic (exact) mass is 489 g/mol. The Labute approximate surface area is 209 Å². The second kappa shape index (κ2) is 10.5. The number of methoxy groups -OCH3 is 1. The summed E-state index contributed by atoms with van der Waals surface area (Å²) in [5.74, 6) is 1.40. The maximum atomic E-state index is 12.1. The van der Waals surface area contributed by atoms with Crippen molar-refractivity contribution in [1.82, 2.24) is 25.2 Å². The fourth-order valence-electron chi connectivity index (χ4n) is 5.02. The number of nitrogens with one attached hydrogen (secondary N) is 1. The van der Waals surface area contributed by atoms with Gasteiger partial charge in [-0.25, -0.2) is 4.68 Å². The van der Waals surface area contributed by atoms with Gasteiger partial charge < -0.3 is 19.6 Å². The largest absolute Gasteiger partial charge is 0.496 e. The number of aromatic nitrogens is 3. The average Bonchev–Trinajstić information content (AvgIpc) is 3.52. The number of benzene rings is 2.